The van der Waals surface area contributed by atoms with Crippen LogP contribution < -0.4 is 0 Å². The van der Waals surface area contributed by atoms with Crippen molar-refractivity contribution in [3.8, 4) is 22.3 Å². The molecular weight excluding hydrogens is 458 g/mol. The fourth-order valence-electron chi connectivity index (χ4n) is 5.89. The van der Waals surface area contributed by atoms with Gasteiger partial charge in [-0.25, -0.2) is 0 Å². The number of benzene rings is 6. The van der Waals surface area contributed by atoms with Crippen LogP contribution in [0.4, 0.5) is 0 Å². The Morgan fingerprint density at radius 1 is 0.500 bits per heavy atom. The van der Waals surface area contributed by atoms with E-state index in [0.717, 1.165) is 5.52 Å². The minimum absolute atomic E-state index is 0.111. The van der Waals surface area contributed by atoms with E-state index < -0.39 is 0 Å². The lowest BCUT2D eigenvalue weighted by molar-refractivity contribution is 0.590. The zero-order valence-corrected chi connectivity index (χ0v) is 22.0. The maximum absolute atomic E-state index is 4.94. The molecule has 0 saturated heterocycles. The second-order valence-corrected chi connectivity index (χ2v) is 11.2. The highest BCUT2D eigenvalue weighted by Gasteiger charge is 2.20. The van der Waals surface area contributed by atoms with Crippen molar-refractivity contribution in [2.75, 3.05) is 0 Å². The molecule has 1 heteroatoms. The summed E-state index contributed by atoms with van der Waals surface area (Å²) in [5, 5.41) is 8.67. The molecule has 0 N–H and O–H groups in total. The largest absolute Gasteiger partial charge is 0.256 e. The summed E-state index contributed by atoms with van der Waals surface area (Å²) in [4.78, 5) is 4.94. The Kier molecular flexibility index (Phi) is 5.09. The van der Waals surface area contributed by atoms with E-state index in [9.17, 15) is 0 Å². The number of aromatic nitrogens is 1. The maximum atomic E-state index is 4.94. The van der Waals surface area contributed by atoms with Crippen LogP contribution in [-0.2, 0) is 5.41 Å². The number of pyridine rings is 1. The van der Waals surface area contributed by atoms with E-state index in [1.54, 1.807) is 0 Å². The molecule has 0 amide bonds. The topological polar surface area (TPSA) is 12.9 Å². The van der Waals surface area contributed by atoms with Crippen molar-refractivity contribution in [2.24, 2.45) is 0 Å². The molecule has 7 aromatic rings. The van der Waals surface area contributed by atoms with Gasteiger partial charge < -0.3 is 0 Å². The summed E-state index contributed by atoms with van der Waals surface area (Å²) in [6, 6.07) is 42.0. The Balaban J connectivity index is 1.65. The summed E-state index contributed by atoms with van der Waals surface area (Å²) >= 11 is 0. The van der Waals surface area contributed by atoms with Crippen molar-refractivity contribution in [2.45, 2.75) is 26.2 Å². The molecule has 0 aliphatic carbocycles. The second kappa shape index (κ2) is 8.53. The Labute approximate surface area is 223 Å². The van der Waals surface area contributed by atoms with Gasteiger partial charge in [-0.05, 0) is 66.9 Å². The summed E-state index contributed by atoms with van der Waals surface area (Å²) in [5.74, 6) is 0. The molecule has 1 nitrogen and oxygen atoms in total. The lowest BCUT2D eigenvalue weighted by Gasteiger charge is -2.21. The van der Waals surface area contributed by atoms with Gasteiger partial charge in [-0.3, -0.25) is 4.98 Å². The summed E-state index contributed by atoms with van der Waals surface area (Å²) < 4.78 is 0. The molecule has 1 heterocycles. The number of para-hydroxylation sites is 1. The van der Waals surface area contributed by atoms with Crippen LogP contribution in [-0.4, -0.2) is 4.98 Å². The molecule has 38 heavy (non-hydrogen) atoms. The van der Waals surface area contributed by atoms with Gasteiger partial charge in [-0.1, -0.05) is 124 Å². The predicted octanol–water partition coefficient (Wildman–Crippen LogP) is 10.3. The van der Waals surface area contributed by atoms with Gasteiger partial charge in [0.2, 0.25) is 0 Å². The van der Waals surface area contributed by atoms with E-state index in [2.05, 4.69) is 142 Å². The molecule has 0 bridgehead atoms. The van der Waals surface area contributed by atoms with Crippen molar-refractivity contribution in [3.63, 3.8) is 0 Å². The van der Waals surface area contributed by atoms with Gasteiger partial charge in [0, 0.05) is 22.4 Å². The van der Waals surface area contributed by atoms with Gasteiger partial charge in [0.15, 0.2) is 0 Å². The molecule has 0 fully saturated rings. The fraction of sp³-hybridized carbons (Fsp3) is 0.108. The fourth-order valence-corrected chi connectivity index (χ4v) is 5.89. The van der Waals surface area contributed by atoms with E-state index in [0.29, 0.717) is 0 Å². The van der Waals surface area contributed by atoms with E-state index in [1.807, 2.05) is 0 Å². The maximum Gasteiger partial charge on any atom is 0.0708 e. The standard InChI is InChI=1S/C37H29N/c1-37(2,3)28-20-18-25(19-21-28)34-29-12-6-7-13-30(29)35(27-17-16-24-10-4-5-11-26(24)22-27)36-31-14-8-9-15-33(31)38-23-32(34)36/h4-23H,1-3H3. The van der Waals surface area contributed by atoms with Crippen LogP contribution in [0.3, 0.4) is 0 Å². The van der Waals surface area contributed by atoms with Crippen LogP contribution in [0.5, 0.6) is 0 Å². The minimum Gasteiger partial charge on any atom is -0.256 e. The van der Waals surface area contributed by atoms with E-state index >= 15 is 0 Å². The molecular formula is C37H29N. The summed E-state index contributed by atoms with van der Waals surface area (Å²) in [7, 11) is 0. The van der Waals surface area contributed by atoms with Crippen molar-refractivity contribution >= 4 is 43.2 Å². The molecule has 0 saturated carbocycles. The average Bonchev–Trinajstić information content (AvgIpc) is 2.95. The number of rotatable bonds is 2. The van der Waals surface area contributed by atoms with Crippen LogP contribution in [0.15, 0.2) is 121 Å². The minimum atomic E-state index is 0.111. The number of hydrogen-bond donors (Lipinski definition) is 0. The molecule has 0 aliphatic heterocycles. The predicted molar refractivity (Wildman–Crippen MR) is 164 cm³/mol. The first-order chi connectivity index (χ1) is 18.5. The van der Waals surface area contributed by atoms with Gasteiger partial charge in [-0.2, -0.15) is 0 Å². The van der Waals surface area contributed by atoms with Crippen LogP contribution in [0, 0.1) is 0 Å². The molecule has 0 aliphatic rings. The van der Waals surface area contributed by atoms with Crippen LogP contribution in [0.2, 0.25) is 0 Å². The SMILES string of the molecule is CC(C)(C)c1ccc(-c2c3ccccc3c(-c3ccc4ccccc4c3)c3c2cnc2ccccc23)cc1. The van der Waals surface area contributed by atoms with Crippen LogP contribution in [0.1, 0.15) is 26.3 Å². The lowest BCUT2D eigenvalue weighted by Crippen LogP contribution is -2.10. The van der Waals surface area contributed by atoms with Crippen molar-refractivity contribution in [1.29, 1.82) is 0 Å². The normalized spacial score (nSPS) is 12.1. The van der Waals surface area contributed by atoms with Gasteiger partial charge >= 0.3 is 0 Å². The highest BCUT2D eigenvalue weighted by molar-refractivity contribution is 6.27. The molecule has 7 rings (SSSR count). The Bertz CT molecular complexity index is 1990. The molecule has 1 aromatic heterocycles. The van der Waals surface area contributed by atoms with Gasteiger partial charge in [-0.15, -0.1) is 0 Å². The Morgan fingerprint density at radius 2 is 1.11 bits per heavy atom. The second-order valence-electron chi connectivity index (χ2n) is 11.2. The highest BCUT2D eigenvalue weighted by atomic mass is 14.6. The molecule has 182 valence electrons. The zero-order valence-electron chi connectivity index (χ0n) is 22.0. The Morgan fingerprint density at radius 3 is 1.84 bits per heavy atom. The van der Waals surface area contributed by atoms with Crippen molar-refractivity contribution in [1.82, 2.24) is 4.98 Å². The molecule has 6 aromatic carbocycles. The monoisotopic (exact) mass is 487 g/mol. The third kappa shape index (κ3) is 3.58. The number of fused-ring (bicyclic) bond motifs is 5. The first kappa shape index (κ1) is 22.7. The van der Waals surface area contributed by atoms with Gasteiger partial charge in [0.05, 0.1) is 5.52 Å². The highest BCUT2D eigenvalue weighted by Crippen LogP contribution is 2.46. The molecule has 0 radical (unpaired) electrons. The molecule has 0 spiro atoms. The summed E-state index contributed by atoms with van der Waals surface area (Å²) in [5.41, 5.74) is 7.45. The third-order valence-corrected chi connectivity index (χ3v) is 7.84. The lowest BCUT2D eigenvalue weighted by atomic mass is 9.83. The van der Waals surface area contributed by atoms with Gasteiger partial charge in [0.25, 0.3) is 0 Å². The number of hydrogen-bond acceptors (Lipinski definition) is 1. The Hall–Kier alpha value is -4.49. The van der Waals surface area contributed by atoms with Crippen LogP contribution in [0.25, 0.3) is 65.5 Å². The van der Waals surface area contributed by atoms with E-state index in [1.165, 1.54) is 65.5 Å². The first-order valence-corrected chi connectivity index (χ1v) is 13.3. The average molecular weight is 488 g/mol. The number of nitrogens with zero attached hydrogens (tertiary/aromatic N) is 1. The van der Waals surface area contributed by atoms with Crippen LogP contribution >= 0.6 is 0 Å². The summed E-state index contributed by atoms with van der Waals surface area (Å²) in [6.07, 6.45) is 2.08. The zero-order chi connectivity index (χ0) is 25.9. The first-order valence-electron chi connectivity index (χ1n) is 13.3. The molecule has 0 unspecified atom stereocenters. The summed E-state index contributed by atoms with van der Waals surface area (Å²) in [6.45, 7) is 6.80. The van der Waals surface area contributed by atoms with E-state index in [4.69, 9.17) is 4.98 Å². The molecule has 0 atom stereocenters. The van der Waals surface area contributed by atoms with Crippen molar-refractivity contribution < 1.29 is 0 Å². The van der Waals surface area contributed by atoms with E-state index in [-0.39, 0.29) is 5.41 Å². The smallest absolute Gasteiger partial charge is 0.0708 e. The van der Waals surface area contributed by atoms with Gasteiger partial charge in [0.1, 0.15) is 0 Å². The third-order valence-electron chi connectivity index (χ3n) is 7.84. The van der Waals surface area contributed by atoms with Crippen molar-refractivity contribution in [3.05, 3.63) is 127 Å². The quantitative estimate of drug-likeness (QED) is 0.175.